The van der Waals surface area contributed by atoms with Gasteiger partial charge in [-0.15, -0.1) is 4.40 Å². The fraction of sp³-hybridized carbons (Fsp3) is 0.158. The van der Waals surface area contributed by atoms with E-state index in [4.69, 9.17) is 11.6 Å². The van der Waals surface area contributed by atoms with Crippen molar-refractivity contribution in [1.29, 1.82) is 0 Å². The fourth-order valence-electron chi connectivity index (χ4n) is 3.01. The average molecular weight is 386 g/mol. The molecule has 0 spiro atoms. The number of fused-ring (bicyclic) bond motifs is 1. The van der Waals surface area contributed by atoms with E-state index in [-0.39, 0.29) is 5.75 Å². The quantitative estimate of drug-likeness (QED) is 0.791. The van der Waals surface area contributed by atoms with Crippen molar-refractivity contribution in [3.8, 4) is 11.1 Å². The minimum Gasteiger partial charge on any atom is -0.330 e. The zero-order valence-electron chi connectivity index (χ0n) is 13.8. The molecule has 0 N–H and O–H groups in total. The molecule has 0 bridgehead atoms. The molecule has 7 heteroatoms. The predicted octanol–water partition coefficient (Wildman–Crippen LogP) is 3.66. The Labute approximate surface area is 157 Å². The van der Waals surface area contributed by atoms with Gasteiger partial charge in [-0.1, -0.05) is 48.0 Å². The molecule has 0 amide bonds. The van der Waals surface area contributed by atoms with Gasteiger partial charge in [0.1, 0.15) is 0 Å². The van der Waals surface area contributed by atoms with E-state index >= 15 is 0 Å². The zero-order valence-corrected chi connectivity index (χ0v) is 15.4. The predicted molar refractivity (Wildman–Crippen MR) is 104 cm³/mol. The van der Waals surface area contributed by atoms with Gasteiger partial charge < -0.3 is 4.90 Å². The van der Waals surface area contributed by atoms with Crippen molar-refractivity contribution in [1.82, 2.24) is 9.88 Å². The Bertz CT molecular complexity index is 1030. The van der Waals surface area contributed by atoms with Crippen molar-refractivity contribution in [2.45, 2.75) is 6.42 Å². The summed E-state index contributed by atoms with van der Waals surface area (Å²) in [5, 5.41) is 0.521. The molecule has 26 heavy (non-hydrogen) atoms. The van der Waals surface area contributed by atoms with Crippen molar-refractivity contribution in [3.63, 3.8) is 0 Å². The molecule has 2 aromatic rings. The van der Waals surface area contributed by atoms with Crippen molar-refractivity contribution < 1.29 is 8.42 Å². The molecular weight excluding hydrogens is 370 g/mol. The molecule has 3 heterocycles. The summed E-state index contributed by atoms with van der Waals surface area (Å²) in [7, 11) is -3.49. The van der Waals surface area contributed by atoms with Gasteiger partial charge in [0.05, 0.1) is 16.5 Å². The van der Waals surface area contributed by atoms with Crippen LogP contribution >= 0.6 is 11.6 Å². The van der Waals surface area contributed by atoms with E-state index in [1.807, 2.05) is 42.5 Å². The van der Waals surface area contributed by atoms with Crippen LogP contribution in [0.3, 0.4) is 0 Å². The lowest BCUT2D eigenvalue weighted by Gasteiger charge is -2.25. The van der Waals surface area contributed by atoms with Crippen LogP contribution < -0.4 is 0 Å². The van der Waals surface area contributed by atoms with E-state index < -0.39 is 10.0 Å². The third kappa shape index (κ3) is 3.43. The van der Waals surface area contributed by atoms with Gasteiger partial charge in [-0.3, -0.25) is 4.98 Å². The number of amidine groups is 1. The molecule has 0 saturated carbocycles. The molecule has 0 radical (unpaired) electrons. The Kier molecular flexibility index (Phi) is 4.38. The minimum atomic E-state index is -3.49. The van der Waals surface area contributed by atoms with Gasteiger partial charge in [-0.25, -0.2) is 8.42 Å². The Balaban J connectivity index is 1.76. The minimum absolute atomic E-state index is 0.0338. The van der Waals surface area contributed by atoms with Crippen LogP contribution in [0.2, 0.25) is 0 Å². The van der Waals surface area contributed by atoms with Gasteiger partial charge in [0, 0.05) is 30.1 Å². The highest BCUT2D eigenvalue weighted by Crippen LogP contribution is 2.29. The second kappa shape index (κ2) is 6.70. The highest BCUT2D eigenvalue weighted by atomic mass is 35.5. The lowest BCUT2D eigenvalue weighted by molar-refractivity contribution is 0.553. The number of halogens is 1. The number of rotatable bonds is 2. The van der Waals surface area contributed by atoms with Gasteiger partial charge in [0.15, 0.2) is 5.84 Å². The summed E-state index contributed by atoms with van der Waals surface area (Å²) in [6.07, 6.45) is 5.70. The lowest BCUT2D eigenvalue weighted by Crippen LogP contribution is -2.29. The summed E-state index contributed by atoms with van der Waals surface area (Å²) in [6.45, 7) is 0.549. The van der Waals surface area contributed by atoms with E-state index in [0.717, 1.165) is 11.1 Å². The van der Waals surface area contributed by atoms with Crippen LogP contribution in [0, 0.1) is 0 Å². The highest BCUT2D eigenvalue weighted by Gasteiger charge is 2.27. The van der Waals surface area contributed by atoms with Crippen molar-refractivity contribution in [3.05, 3.63) is 71.7 Å². The lowest BCUT2D eigenvalue weighted by atomic mass is 10.0. The maximum Gasteiger partial charge on any atom is 0.255 e. The van der Waals surface area contributed by atoms with Crippen LogP contribution in [-0.4, -0.2) is 36.4 Å². The van der Waals surface area contributed by atoms with Crippen LogP contribution in [0.5, 0.6) is 0 Å². The first-order valence-electron chi connectivity index (χ1n) is 8.22. The molecule has 0 aliphatic carbocycles. The number of aromatic nitrogens is 1. The van der Waals surface area contributed by atoms with E-state index in [1.165, 1.54) is 0 Å². The van der Waals surface area contributed by atoms with Crippen LogP contribution in [0.4, 0.5) is 0 Å². The molecule has 1 aromatic heterocycles. The number of nitrogens with zero attached hydrogens (tertiary/aromatic N) is 3. The molecular formula is C19H16ClN3O2S. The molecule has 1 aromatic carbocycles. The van der Waals surface area contributed by atoms with Crippen LogP contribution in [0.25, 0.3) is 16.7 Å². The van der Waals surface area contributed by atoms with Crippen LogP contribution in [0.15, 0.2) is 70.4 Å². The summed E-state index contributed by atoms with van der Waals surface area (Å²) in [5.74, 6) is 0.415. The van der Waals surface area contributed by atoms with Gasteiger partial charge in [-0.05, 0) is 24.1 Å². The maximum absolute atomic E-state index is 12.1. The summed E-state index contributed by atoms with van der Waals surface area (Å²) in [5.41, 5.74) is 3.30. The molecule has 0 fully saturated rings. The molecule has 2 aliphatic rings. The largest absolute Gasteiger partial charge is 0.330 e. The number of hydrogen-bond donors (Lipinski definition) is 0. The monoisotopic (exact) mass is 385 g/mol. The van der Waals surface area contributed by atoms with E-state index in [0.29, 0.717) is 35.1 Å². The third-order valence-corrected chi connectivity index (χ3v) is 5.71. The van der Waals surface area contributed by atoms with Crippen molar-refractivity contribution in [2.24, 2.45) is 4.40 Å². The third-order valence-electron chi connectivity index (χ3n) is 4.25. The topological polar surface area (TPSA) is 62.6 Å². The highest BCUT2D eigenvalue weighted by molar-refractivity contribution is 7.90. The SMILES string of the molecule is O=S1(=O)CCCN2C=C(Cl)C=C(c3ccc(-c4ccccc4)cn3)C2=N1. The van der Waals surface area contributed by atoms with Gasteiger partial charge >= 0.3 is 0 Å². The van der Waals surface area contributed by atoms with Gasteiger partial charge in [0.25, 0.3) is 10.0 Å². The Morgan fingerprint density at radius 2 is 1.85 bits per heavy atom. The second-order valence-electron chi connectivity index (χ2n) is 6.12. The molecule has 0 saturated heterocycles. The first-order chi connectivity index (χ1) is 12.5. The van der Waals surface area contributed by atoms with E-state index in [9.17, 15) is 8.42 Å². The normalized spacial score (nSPS) is 19.0. The van der Waals surface area contributed by atoms with E-state index in [2.05, 4.69) is 9.38 Å². The number of pyridine rings is 1. The van der Waals surface area contributed by atoms with Crippen molar-refractivity contribution in [2.75, 3.05) is 12.3 Å². The Morgan fingerprint density at radius 3 is 2.58 bits per heavy atom. The number of sulfonamides is 1. The molecule has 4 rings (SSSR count). The molecule has 132 valence electrons. The number of benzene rings is 1. The molecule has 2 aliphatic heterocycles. The smallest absolute Gasteiger partial charge is 0.255 e. The molecule has 0 unspecified atom stereocenters. The average Bonchev–Trinajstić information content (AvgIpc) is 2.79. The van der Waals surface area contributed by atoms with Gasteiger partial charge in [0.2, 0.25) is 0 Å². The van der Waals surface area contributed by atoms with Crippen molar-refractivity contribution >= 4 is 33.0 Å². The van der Waals surface area contributed by atoms with Gasteiger partial charge in [-0.2, -0.15) is 0 Å². The Hall–Kier alpha value is -2.44. The number of allylic oxidation sites excluding steroid dienone is 2. The Morgan fingerprint density at radius 1 is 1.04 bits per heavy atom. The summed E-state index contributed by atoms with van der Waals surface area (Å²) in [4.78, 5) is 6.31. The fourth-order valence-corrected chi connectivity index (χ4v) is 4.29. The second-order valence-corrected chi connectivity index (χ2v) is 8.31. The summed E-state index contributed by atoms with van der Waals surface area (Å²) < 4.78 is 28.2. The maximum atomic E-state index is 12.1. The summed E-state index contributed by atoms with van der Waals surface area (Å²) in [6, 6.07) is 13.8. The molecule has 5 nitrogen and oxygen atoms in total. The first-order valence-corrected chi connectivity index (χ1v) is 10.2. The summed E-state index contributed by atoms with van der Waals surface area (Å²) >= 11 is 6.24. The first kappa shape index (κ1) is 17.0. The van der Waals surface area contributed by atoms with E-state index in [1.54, 1.807) is 23.4 Å². The number of hydrogen-bond acceptors (Lipinski definition) is 4. The van der Waals surface area contributed by atoms with Crippen LogP contribution in [-0.2, 0) is 10.0 Å². The zero-order chi connectivity index (χ0) is 18.1. The van der Waals surface area contributed by atoms with Crippen LogP contribution in [0.1, 0.15) is 12.1 Å². The standard InChI is InChI=1S/C19H16ClN3O2S/c20-16-11-17(19-22-26(24,25)10-4-9-23(19)13-16)18-8-7-15(12-21-18)14-5-2-1-3-6-14/h1-3,5-8,11-13H,4,9-10H2. The molecule has 0 atom stereocenters.